The molecule has 0 fully saturated rings. The molecule has 1 amide bonds. The van der Waals surface area contributed by atoms with Gasteiger partial charge in [0, 0.05) is 17.3 Å². The third-order valence-electron chi connectivity index (χ3n) is 3.91. The standard InChI is InChI=1S/C20H19ClN4O/c1-2-15-5-3-4-6-17(15)25-19-13-22-18(12-23-19)20(26)24-11-14-7-9-16(21)10-8-14/h3-10,12-13H,2,11H2,1H3,(H,23,25)(H,24,26). The van der Waals surface area contributed by atoms with Gasteiger partial charge in [-0.25, -0.2) is 9.97 Å². The number of nitrogens with one attached hydrogen (secondary N) is 2. The molecule has 0 aliphatic rings. The Bertz CT molecular complexity index is 879. The summed E-state index contributed by atoms with van der Waals surface area (Å²) in [4.78, 5) is 20.7. The maximum absolute atomic E-state index is 12.2. The number of amides is 1. The molecule has 0 radical (unpaired) electrons. The number of halogens is 1. The van der Waals surface area contributed by atoms with Gasteiger partial charge in [-0.05, 0) is 35.7 Å². The number of hydrogen-bond donors (Lipinski definition) is 2. The van der Waals surface area contributed by atoms with Crippen LogP contribution in [0.2, 0.25) is 5.02 Å². The number of anilines is 2. The van der Waals surface area contributed by atoms with Crippen molar-refractivity contribution in [1.29, 1.82) is 0 Å². The Morgan fingerprint density at radius 1 is 1.04 bits per heavy atom. The third-order valence-corrected chi connectivity index (χ3v) is 4.16. The minimum atomic E-state index is -0.270. The number of nitrogens with zero attached hydrogens (tertiary/aromatic N) is 2. The lowest BCUT2D eigenvalue weighted by Crippen LogP contribution is -2.24. The summed E-state index contributed by atoms with van der Waals surface area (Å²) in [5.41, 5.74) is 3.42. The highest BCUT2D eigenvalue weighted by molar-refractivity contribution is 6.30. The molecule has 1 heterocycles. The second-order valence-corrected chi connectivity index (χ2v) is 6.17. The molecule has 0 atom stereocenters. The molecular formula is C20H19ClN4O. The Hall–Kier alpha value is -2.92. The van der Waals surface area contributed by atoms with Crippen molar-refractivity contribution in [2.75, 3.05) is 5.32 Å². The van der Waals surface area contributed by atoms with Gasteiger partial charge in [-0.1, -0.05) is 48.9 Å². The summed E-state index contributed by atoms with van der Waals surface area (Å²) in [6.45, 7) is 2.50. The molecule has 3 aromatic rings. The number of hydrogen-bond acceptors (Lipinski definition) is 4. The fourth-order valence-electron chi connectivity index (χ4n) is 2.47. The summed E-state index contributed by atoms with van der Waals surface area (Å²) in [6, 6.07) is 15.3. The lowest BCUT2D eigenvalue weighted by Gasteiger charge is -2.10. The Morgan fingerprint density at radius 2 is 1.81 bits per heavy atom. The summed E-state index contributed by atoms with van der Waals surface area (Å²) in [7, 11) is 0. The van der Waals surface area contributed by atoms with Gasteiger partial charge in [-0.15, -0.1) is 0 Å². The number of benzene rings is 2. The highest BCUT2D eigenvalue weighted by Crippen LogP contribution is 2.19. The van der Waals surface area contributed by atoms with Gasteiger partial charge in [0.15, 0.2) is 0 Å². The van der Waals surface area contributed by atoms with Gasteiger partial charge in [-0.3, -0.25) is 4.79 Å². The Kier molecular flexibility index (Phi) is 5.81. The van der Waals surface area contributed by atoms with E-state index in [1.807, 2.05) is 30.3 Å². The van der Waals surface area contributed by atoms with Crippen LogP contribution in [0.1, 0.15) is 28.5 Å². The molecule has 0 saturated carbocycles. The number of carbonyl (C=O) groups is 1. The number of carbonyl (C=O) groups excluding carboxylic acids is 1. The van der Waals surface area contributed by atoms with E-state index < -0.39 is 0 Å². The van der Waals surface area contributed by atoms with E-state index in [2.05, 4.69) is 33.6 Å². The van der Waals surface area contributed by atoms with E-state index in [-0.39, 0.29) is 11.6 Å². The maximum atomic E-state index is 12.2. The summed E-state index contributed by atoms with van der Waals surface area (Å²) in [6.07, 6.45) is 3.94. The molecule has 26 heavy (non-hydrogen) atoms. The average Bonchev–Trinajstić information content (AvgIpc) is 2.68. The van der Waals surface area contributed by atoms with Gasteiger partial charge in [-0.2, -0.15) is 0 Å². The van der Waals surface area contributed by atoms with Crippen molar-refractivity contribution in [3.63, 3.8) is 0 Å². The van der Waals surface area contributed by atoms with Crippen molar-refractivity contribution < 1.29 is 4.79 Å². The zero-order valence-electron chi connectivity index (χ0n) is 14.4. The molecule has 6 heteroatoms. The van der Waals surface area contributed by atoms with Gasteiger partial charge in [0.05, 0.1) is 12.4 Å². The average molecular weight is 367 g/mol. The van der Waals surface area contributed by atoms with Gasteiger partial charge in [0.2, 0.25) is 0 Å². The Balaban J connectivity index is 1.61. The number of aryl methyl sites for hydroxylation is 1. The first-order valence-electron chi connectivity index (χ1n) is 8.35. The predicted octanol–water partition coefficient (Wildman–Crippen LogP) is 4.37. The van der Waals surface area contributed by atoms with Crippen LogP contribution in [-0.2, 0) is 13.0 Å². The molecule has 0 saturated heterocycles. The number of rotatable bonds is 6. The minimum Gasteiger partial charge on any atom is -0.347 e. The molecule has 0 unspecified atom stereocenters. The highest BCUT2D eigenvalue weighted by Gasteiger charge is 2.08. The first-order chi connectivity index (χ1) is 12.7. The van der Waals surface area contributed by atoms with E-state index in [0.29, 0.717) is 17.4 Å². The third kappa shape index (κ3) is 4.58. The van der Waals surface area contributed by atoms with Crippen LogP contribution in [-0.4, -0.2) is 15.9 Å². The Morgan fingerprint density at radius 3 is 2.50 bits per heavy atom. The second kappa shape index (κ2) is 8.45. The molecule has 0 aliphatic carbocycles. The predicted molar refractivity (Wildman–Crippen MR) is 104 cm³/mol. The molecule has 0 bridgehead atoms. The highest BCUT2D eigenvalue weighted by atomic mass is 35.5. The Labute approximate surface area is 157 Å². The van der Waals surface area contributed by atoms with Crippen LogP contribution in [0.25, 0.3) is 0 Å². The minimum absolute atomic E-state index is 0.270. The fraction of sp³-hybridized carbons (Fsp3) is 0.150. The summed E-state index contributed by atoms with van der Waals surface area (Å²) in [5.74, 6) is 0.327. The van der Waals surface area contributed by atoms with Crippen LogP contribution in [0.3, 0.4) is 0 Å². The van der Waals surface area contributed by atoms with Crippen molar-refractivity contribution in [1.82, 2.24) is 15.3 Å². The maximum Gasteiger partial charge on any atom is 0.271 e. The van der Waals surface area contributed by atoms with E-state index in [4.69, 9.17) is 11.6 Å². The van der Waals surface area contributed by atoms with Crippen LogP contribution in [0, 0.1) is 0 Å². The lowest BCUT2D eigenvalue weighted by atomic mass is 10.1. The van der Waals surface area contributed by atoms with Gasteiger partial charge in [0.1, 0.15) is 11.5 Å². The van der Waals surface area contributed by atoms with Crippen LogP contribution in [0.4, 0.5) is 11.5 Å². The van der Waals surface area contributed by atoms with Crippen LogP contribution >= 0.6 is 11.6 Å². The summed E-state index contributed by atoms with van der Waals surface area (Å²) < 4.78 is 0. The first-order valence-corrected chi connectivity index (χ1v) is 8.73. The molecule has 5 nitrogen and oxygen atoms in total. The normalized spacial score (nSPS) is 10.4. The van der Waals surface area contributed by atoms with Crippen LogP contribution in [0.15, 0.2) is 60.9 Å². The fourth-order valence-corrected chi connectivity index (χ4v) is 2.60. The second-order valence-electron chi connectivity index (χ2n) is 5.73. The number of para-hydroxylation sites is 1. The molecular weight excluding hydrogens is 348 g/mol. The van der Waals surface area contributed by atoms with E-state index >= 15 is 0 Å². The first kappa shape index (κ1) is 17.9. The van der Waals surface area contributed by atoms with E-state index in [0.717, 1.165) is 17.7 Å². The van der Waals surface area contributed by atoms with Crippen molar-refractivity contribution in [3.8, 4) is 0 Å². The molecule has 0 aliphatic heterocycles. The monoisotopic (exact) mass is 366 g/mol. The van der Waals surface area contributed by atoms with E-state index in [1.165, 1.54) is 11.8 Å². The van der Waals surface area contributed by atoms with Crippen molar-refractivity contribution >= 4 is 29.0 Å². The quantitative estimate of drug-likeness (QED) is 0.680. The molecule has 0 spiro atoms. The molecule has 3 rings (SSSR count). The van der Waals surface area contributed by atoms with E-state index in [1.54, 1.807) is 18.3 Å². The zero-order chi connectivity index (χ0) is 18.4. The SMILES string of the molecule is CCc1ccccc1Nc1cnc(C(=O)NCc2ccc(Cl)cc2)cn1. The van der Waals surface area contributed by atoms with Crippen LogP contribution in [0.5, 0.6) is 0 Å². The smallest absolute Gasteiger partial charge is 0.271 e. The molecule has 2 aromatic carbocycles. The number of aromatic nitrogens is 2. The summed E-state index contributed by atoms with van der Waals surface area (Å²) >= 11 is 5.85. The summed E-state index contributed by atoms with van der Waals surface area (Å²) in [5, 5.41) is 6.72. The van der Waals surface area contributed by atoms with Crippen molar-refractivity contribution in [2.24, 2.45) is 0 Å². The van der Waals surface area contributed by atoms with E-state index in [9.17, 15) is 4.79 Å². The lowest BCUT2D eigenvalue weighted by molar-refractivity contribution is 0.0945. The van der Waals surface area contributed by atoms with Crippen molar-refractivity contribution in [2.45, 2.75) is 19.9 Å². The van der Waals surface area contributed by atoms with Gasteiger partial charge in [0.25, 0.3) is 5.91 Å². The molecule has 1 aromatic heterocycles. The van der Waals surface area contributed by atoms with Crippen LogP contribution < -0.4 is 10.6 Å². The largest absolute Gasteiger partial charge is 0.347 e. The molecule has 2 N–H and O–H groups in total. The van der Waals surface area contributed by atoms with Gasteiger partial charge >= 0.3 is 0 Å². The van der Waals surface area contributed by atoms with Crippen molar-refractivity contribution in [3.05, 3.63) is 82.8 Å². The van der Waals surface area contributed by atoms with Gasteiger partial charge < -0.3 is 10.6 Å². The zero-order valence-corrected chi connectivity index (χ0v) is 15.1. The topological polar surface area (TPSA) is 66.9 Å². The molecule has 132 valence electrons.